The summed E-state index contributed by atoms with van der Waals surface area (Å²) < 4.78 is 4.58. The van der Waals surface area contributed by atoms with Crippen LogP contribution < -0.4 is 4.90 Å². The molecule has 0 aliphatic heterocycles. The molecule has 0 bridgehead atoms. The van der Waals surface area contributed by atoms with Crippen molar-refractivity contribution in [2.75, 3.05) is 25.6 Å². The summed E-state index contributed by atoms with van der Waals surface area (Å²) in [5, 5.41) is 0. The molecule has 1 heterocycles. The second-order valence-corrected chi connectivity index (χ2v) is 4.22. The maximum atomic E-state index is 11.0. The van der Waals surface area contributed by atoms with Crippen LogP contribution in [0.4, 0.5) is 5.95 Å². The van der Waals surface area contributed by atoms with Gasteiger partial charge in [-0.1, -0.05) is 13.8 Å². The average Bonchev–Trinajstić information content (AvgIpc) is 2.35. The fourth-order valence-electron chi connectivity index (χ4n) is 1.29. The zero-order chi connectivity index (χ0) is 12.8. The van der Waals surface area contributed by atoms with Crippen LogP contribution in [0, 0.1) is 0 Å². The summed E-state index contributed by atoms with van der Waals surface area (Å²) in [7, 11) is 3.24. The first-order valence-electron chi connectivity index (χ1n) is 5.64. The van der Waals surface area contributed by atoms with Gasteiger partial charge in [0.25, 0.3) is 0 Å². The van der Waals surface area contributed by atoms with Crippen LogP contribution in [-0.4, -0.2) is 36.6 Å². The standard InChI is InChI=1S/C12H19N3O2/c1-9(2)10-7-13-12(14-8-10)15(3)6-5-11(16)17-4/h7-9H,5-6H2,1-4H3. The molecule has 1 rings (SSSR count). The van der Waals surface area contributed by atoms with Crippen LogP contribution in [0.1, 0.15) is 31.7 Å². The summed E-state index contributed by atoms with van der Waals surface area (Å²) in [6, 6.07) is 0. The number of carbonyl (C=O) groups is 1. The quantitative estimate of drug-likeness (QED) is 0.728. The Hall–Kier alpha value is -1.65. The summed E-state index contributed by atoms with van der Waals surface area (Å²) in [5.41, 5.74) is 1.11. The predicted octanol–water partition coefficient (Wildman–Crippen LogP) is 1.60. The monoisotopic (exact) mass is 237 g/mol. The zero-order valence-corrected chi connectivity index (χ0v) is 10.8. The smallest absolute Gasteiger partial charge is 0.307 e. The van der Waals surface area contributed by atoms with Crippen molar-refractivity contribution in [1.82, 2.24) is 9.97 Å². The second kappa shape index (κ2) is 6.18. The van der Waals surface area contributed by atoms with Crippen molar-refractivity contribution in [3.05, 3.63) is 18.0 Å². The predicted molar refractivity (Wildman–Crippen MR) is 66.0 cm³/mol. The number of ether oxygens (including phenoxy) is 1. The third-order valence-electron chi connectivity index (χ3n) is 2.55. The van der Waals surface area contributed by atoms with E-state index in [1.807, 2.05) is 24.3 Å². The Kier molecular flexibility index (Phi) is 4.87. The maximum absolute atomic E-state index is 11.0. The largest absolute Gasteiger partial charge is 0.469 e. The van der Waals surface area contributed by atoms with Crippen molar-refractivity contribution in [2.24, 2.45) is 0 Å². The van der Waals surface area contributed by atoms with Crippen molar-refractivity contribution in [3.8, 4) is 0 Å². The highest BCUT2D eigenvalue weighted by Gasteiger charge is 2.08. The van der Waals surface area contributed by atoms with E-state index in [0.717, 1.165) is 5.56 Å². The molecular formula is C12H19N3O2. The number of anilines is 1. The van der Waals surface area contributed by atoms with Gasteiger partial charge in [0.1, 0.15) is 0 Å². The van der Waals surface area contributed by atoms with Gasteiger partial charge in [-0.05, 0) is 11.5 Å². The summed E-state index contributed by atoms with van der Waals surface area (Å²) in [6.45, 7) is 4.74. The van der Waals surface area contributed by atoms with Crippen LogP contribution in [0.5, 0.6) is 0 Å². The lowest BCUT2D eigenvalue weighted by Crippen LogP contribution is -2.23. The van der Waals surface area contributed by atoms with E-state index >= 15 is 0 Å². The topological polar surface area (TPSA) is 55.3 Å². The molecule has 1 aromatic heterocycles. The maximum Gasteiger partial charge on any atom is 0.307 e. The number of hydrogen-bond donors (Lipinski definition) is 0. The molecule has 0 amide bonds. The van der Waals surface area contributed by atoms with E-state index in [2.05, 4.69) is 28.6 Å². The van der Waals surface area contributed by atoms with Gasteiger partial charge in [0.05, 0.1) is 13.5 Å². The third kappa shape index (κ3) is 4.01. The van der Waals surface area contributed by atoms with Gasteiger partial charge in [-0.2, -0.15) is 0 Å². The number of nitrogens with zero attached hydrogens (tertiary/aromatic N) is 3. The molecule has 0 aromatic carbocycles. The molecule has 0 spiro atoms. The number of rotatable bonds is 5. The molecule has 0 radical (unpaired) electrons. The Morgan fingerprint density at radius 3 is 2.47 bits per heavy atom. The van der Waals surface area contributed by atoms with Crippen LogP contribution in [0.3, 0.4) is 0 Å². The molecule has 1 aromatic rings. The van der Waals surface area contributed by atoms with Gasteiger partial charge >= 0.3 is 5.97 Å². The van der Waals surface area contributed by atoms with Crippen LogP contribution >= 0.6 is 0 Å². The van der Waals surface area contributed by atoms with Gasteiger partial charge in [-0.15, -0.1) is 0 Å². The lowest BCUT2D eigenvalue weighted by Gasteiger charge is -2.16. The number of aromatic nitrogens is 2. The van der Waals surface area contributed by atoms with Gasteiger partial charge in [-0.25, -0.2) is 9.97 Å². The van der Waals surface area contributed by atoms with E-state index < -0.39 is 0 Å². The van der Waals surface area contributed by atoms with Gasteiger partial charge in [0.15, 0.2) is 0 Å². The Labute approximate surface area is 102 Å². The normalized spacial score (nSPS) is 10.4. The lowest BCUT2D eigenvalue weighted by molar-refractivity contribution is -0.140. The van der Waals surface area contributed by atoms with E-state index in [9.17, 15) is 4.79 Å². The molecule has 0 fully saturated rings. The molecule has 94 valence electrons. The van der Waals surface area contributed by atoms with Crippen molar-refractivity contribution in [3.63, 3.8) is 0 Å². The first kappa shape index (κ1) is 13.4. The molecule has 17 heavy (non-hydrogen) atoms. The van der Waals surface area contributed by atoms with Crippen LogP contribution in [0.25, 0.3) is 0 Å². The third-order valence-corrected chi connectivity index (χ3v) is 2.55. The highest BCUT2D eigenvalue weighted by atomic mass is 16.5. The van der Waals surface area contributed by atoms with Crippen LogP contribution in [0.15, 0.2) is 12.4 Å². The summed E-state index contributed by atoms with van der Waals surface area (Å²) in [6.07, 6.45) is 3.98. The molecule has 0 aliphatic rings. The molecule has 0 atom stereocenters. The van der Waals surface area contributed by atoms with Crippen LogP contribution in [-0.2, 0) is 9.53 Å². The van der Waals surface area contributed by atoms with E-state index in [0.29, 0.717) is 24.8 Å². The number of esters is 1. The van der Waals surface area contributed by atoms with E-state index in [1.54, 1.807) is 0 Å². The zero-order valence-electron chi connectivity index (χ0n) is 10.8. The first-order valence-corrected chi connectivity index (χ1v) is 5.64. The highest BCUT2D eigenvalue weighted by molar-refractivity contribution is 5.69. The summed E-state index contributed by atoms with van der Waals surface area (Å²) >= 11 is 0. The molecule has 5 heteroatoms. The highest BCUT2D eigenvalue weighted by Crippen LogP contribution is 2.13. The SMILES string of the molecule is COC(=O)CCN(C)c1ncc(C(C)C)cn1. The minimum Gasteiger partial charge on any atom is -0.469 e. The fourth-order valence-corrected chi connectivity index (χ4v) is 1.29. The number of methoxy groups -OCH3 is 1. The van der Waals surface area contributed by atoms with E-state index in [4.69, 9.17) is 0 Å². The summed E-state index contributed by atoms with van der Waals surface area (Å²) in [5.74, 6) is 0.818. The Morgan fingerprint density at radius 2 is 2.00 bits per heavy atom. The Morgan fingerprint density at radius 1 is 1.41 bits per heavy atom. The minimum atomic E-state index is -0.226. The summed E-state index contributed by atoms with van der Waals surface area (Å²) in [4.78, 5) is 21.4. The number of carbonyl (C=O) groups excluding carboxylic acids is 1. The van der Waals surface area contributed by atoms with Crippen molar-refractivity contribution in [2.45, 2.75) is 26.2 Å². The van der Waals surface area contributed by atoms with Gasteiger partial charge in [0.2, 0.25) is 5.95 Å². The second-order valence-electron chi connectivity index (χ2n) is 4.22. The Bertz CT molecular complexity index is 363. The average molecular weight is 237 g/mol. The molecule has 0 saturated heterocycles. The van der Waals surface area contributed by atoms with Crippen molar-refractivity contribution >= 4 is 11.9 Å². The van der Waals surface area contributed by atoms with Gasteiger partial charge in [0, 0.05) is 26.0 Å². The minimum absolute atomic E-state index is 0.226. The number of hydrogen-bond acceptors (Lipinski definition) is 5. The van der Waals surface area contributed by atoms with Gasteiger partial charge in [-0.3, -0.25) is 4.79 Å². The molecule has 0 aliphatic carbocycles. The molecule has 0 unspecified atom stereocenters. The first-order chi connectivity index (χ1) is 8.04. The van der Waals surface area contributed by atoms with Crippen molar-refractivity contribution < 1.29 is 9.53 Å². The molecule has 0 N–H and O–H groups in total. The molecule has 0 saturated carbocycles. The molecular weight excluding hydrogens is 218 g/mol. The van der Waals surface area contributed by atoms with E-state index in [1.165, 1.54) is 7.11 Å². The van der Waals surface area contributed by atoms with E-state index in [-0.39, 0.29) is 5.97 Å². The molecule has 5 nitrogen and oxygen atoms in total. The Balaban J connectivity index is 2.57. The van der Waals surface area contributed by atoms with Gasteiger partial charge < -0.3 is 9.64 Å². The van der Waals surface area contributed by atoms with Crippen LogP contribution in [0.2, 0.25) is 0 Å². The fraction of sp³-hybridized carbons (Fsp3) is 0.583. The van der Waals surface area contributed by atoms with Crippen molar-refractivity contribution in [1.29, 1.82) is 0 Å². The lowest BCUT2D eigenvalue weighted by atomic mass is 10.1.